The van der Waals surface area contributed by atoms with Crippen molar-refractivity contribution in [3.63, 3.8) is 0 Å². The second kappa shape index (κ2) is 7.05. The minimum absolute atomic E-state index is 0.0757. The van der Waals surface area contributed by atoms with Crippen molar-refractivity contribution in [1.29, 1.82) is 0 Å². The molecule has 3 rings (SSSR count). The van der Waals surface area contributed by atoms with Gasteiger partial charge in [-0.25, -0.2) is 0 Å². The lowest BCUT2D eigenvalue weighted by atomic mass is 10.0. The molecule has 4 nitrogen and oxygen atoms in total. The fourth-order valence-electron chi connectivity index (χ4n) is 2.69. The van der Waals surface area contributed by atoms with Gasteiger partial charge in [0.15, 0.2) is 6.10 Å². The fourth-order valence-corrected chi connectivity index (χ4v) is 2.82. The van der Waals surface area contributed by atoms with Gasteiger partial charge >= 0.3 is 0 Å². The summed E-state index contributed by atoms with van der Waals surface area (Å²) in [5.41, 5.74) is 2.50. The summed E-state index contributed by atoms with van der Waals surface area (Å²) in [5.74, 6) is -0.115. The number of carbonyl (C=O) groups excluding carboxylic acids is 1. The van der Waals surface area contributed by atoms with Gasteiger partial charge in [0, 0.05) is 18.5 Å². The van der Waals surface area contributed by atoms with Crippen molar-refractivity contribution >= 4 is 23.2 Å². The van der Waals surface area contributed by atoms with E-state index in [0.29, 0.717) is 17.2 Å². The van der Waals surface area contributed by atoms with Gasteiger partial charge in [0.2, 0.25) is 0 Å². The highest BCUT2D eigenvalue weighted by molar-refractivity contribution is 6.39. The summed E-state index contributed by atoms with van der Waals surface area (Å²) in [6.07, 6.45) is 0.296. The van der Waals surface area contributed by atoms with E-state index in [1.165, 1.54) is 0 Å². The first kappa shape index (κ1) is 16.5. The summed E-state index contributed by atoms with van der Waals surface area (Å²) in [6, 6.07) is 17.2. The van der Waals surface area contributed by atoms with Crippen LogP contribution in [-0.2, 0) is 9.63 Å². The van der Waals surface area contributed by atoms with Crippen molar-refractivity contribution in [3.8, 4) is 0 Å². The Balaban J connectivity index is 1.67. The van der Waals surface area contributed by atoms with Gasteiger partial charge in [-0.15, -0.1) is 0 Å². The van der Waals surface area contributed by atoms with Crippen molar-refractivity contribution < 1.29 is 9.63 Å². The van der Waals surface area contributed by atoms with Crippen LogP contribution < -0.4 is 0 Å². The van der Waals surface area contributed by atoms with E-state index in [1.807, 2.05) is 61.5 Å². The van der Waals surface area contributed by atoms with Gasteiger partial charge in [0.25, 0.3) is 5.91 Å². The Labute approximate surface area is 146 Å². The lowest BCUT2D eigenvalue weighted by molar-refractivity contribution is -0.124. The van der Waals surface area contributed by atoms with Crippen molar-refractivity contribution in [2.45, 2.75) is 25.5 Å². The molecule has 2 unspecified atom stereocenters. The van der Waals surface area contributed by atoms with Gasteiger partial charge in [-0.1, -0.05) is 59.2 Å². The van der Waals surface area contributed by atoms with Crippen LogP contribution in [0.25, 0.3) is 0 Å². The highest BCUT2D eigenvalue weighted by atomic mass is 35.5. The third kappa shape index (κ3) is 3.44. The smallest absolute Gasteiger partial charge is 0.272 e. The van der Waals surface area contributed by atoms with E-state index in [4.69, 9.17) is 16.4 Å². The van der Waals surface area contributed by atoms with E-state index in [0.717, 1.165) is 11.1 Å². The molecule has 0 radical (unpaired) electrons. The van der Waals surface area contributed by atoms with Crippen LogP contribution in [0.3, 0.4) is 0 Å². The molecule has 0 saturated heterocycles. The maximum absolute atomic E-state index is 12.7. The Morgan fingerprint density at radius 1 is 1.21 bits per heavy atom. The number of hydrogen-bond acceptors (Lipinski definition) is 3. The summed E-state index contributed by atoms with van der Waals surface area (Å²) >= 11 is 5.92. The molecular formula is C19H19ClN2O2. The van der Waals surface area contributed by atoms with E-state index >= 15 is 0 Å². The molecule has 0 saturated carbocycles. The van der Waals surface area contributed by atoms with Crippen molar-refractivity contribution in [1.82, 2.24) is 4.90 Å². The molecule has 1 aliphatic heterocycles. The molecule has 124 valence electrons. The second-order valence-corrected chi connectivity index (χ2v) is 6.33. The van der Waals surface area contributed by atoms with Crippen molar-refractivity contribution in [2.24, 2.45) is 5.16 Å². The molecule has 0 spiro atoms. The normalized spacial score (nSPS) is 17.8. The Morgan fingerprint density at radius 2 is 1.88 bits per heavy atom. The summed E-state index contributed by atoms with van der Waals surface area (Å²) in [4.78, 5) is 19.8. The monoisotopic (exact) mass is 342 g/mol. The molecule has 5 heteroatoms. The van der Waals surface area contributed by atoms with E-state index in [9.17, 15) is 4.79 Å². The van der Waals surface area contributed by atoms with E-state index < -0.39 is 0 Å². The average Bonchev–Trinajstić information content (AvgIpc) is 3.11. The number of hydrogen-bond donors (Lipinski definition) is 0. The van der Waals surface area contributed by atoms with Crippen LogP contribution in [0.1, 0.15) is 36.6 Å². The minimum atomic E-state index is -0.190. The Morgan fingerprint density at radius 3 is 2.54 bits per heavy atom. The lowest BCUT2D eigenvalue weighted by Crippen LogP contribution is -2.34. The maximum Gasteiger partial charge on any atom is 0.272 e. The van der Waals surface area contributed by atoms with Crippen LogP contribution in [0.2, 0.25) is 5.02 Å². The summed E-state index contributed by atoms with van der Waals surface area (Å²) in [7, 11) is 1.78. The Kier molecular flexibility index (Phi) is 4.86. The maximum atomic E-state index is 12.7. The topological polar surface area (TPSA) is 41.9 Å². The average molecular weight is 343 g/mol. The summed E-state index contributed by atoms with van der Waals surface area (Å²) in [5, 5.41) is 4.69. The first-order chi connectivity index (χ1) is 11.6. The zero-order chi connectivity index (χ0) is 17.1. The van der Waals surface area contributed by atoms with Crippen LogP contribution in [0.5, 0.6) is 0 Å². The van der Waals surface area contributed by atoms with E-state index in [2.05, 4.69) is 5.16 Å². The molecule has 0 bridgehead atoms. The van der Waals surface area contributed by atoms with Crippen molar-refractivity contribution in [3.05, 3.63) is 70.7 Å². The zero-order valence-corrected chi connectivity index (χ0v) is 14.4. The summed E-state index contributed by atoms with van der Waals surface area (Å²) in [6.45, 7) is 1.98. The molecule has 0 aliphatic carbocycles. The molecule has 2 aromatic rings. The van der Waals surface area contributed by atoms with Gasteiger partial charge in [0.1, 0.15) is 5.71 Å². The molecule has 24 heavy (non-hydrogen) atoms. The third-order valence-corrected chi connectivity index (χ3v) is 4.59. The molecule has 2 atom stereocenters. The molecule has 1 aliphatic rings. The van der Waals surface area contributed by atoms with Gasteiger partial charge in [-0.05, 0) is 30.2 Å². The number of carbonyl (C=O) groups is 1. The fraction of sp³-hybridized carbons (Fsp3) is 0.263. The lowest BCUT2D eigenvalue weighted by Gasteiger charge is -2.25. The SMILES string of the molecule is CC(c1ccc(Cl)cc1)N(C)C(=O)C1=NOC(c2ccccc2)C1. The Hall–Kier alpha value is -2.33. The quantitative estimate of drug-likeness (QED) is 0.827. The second-order valence-electron chi connectivity index (χ2n) is 5.89. The molecule has 1 amide bonds. The first-order valence-electron chi connectivity index (χ1n) is 7.86. The van der Waals surface area contributed by atoms with Crippen LogP contribution in [0.15, 0.2) is 59.8 Å². The van der Waals surface area contributed by atoms with Gasteiger partial charge < -0.3 is 9.74 Å². The predicted molar refractivity (Wildman–Crippen MR) is 95.0 cm³/mol. The van der Waals surface area contributed by atoms with E-state index in [-0.39, 0.29) is 18.1 Å². The Bertz CT molecular complexity index is 744. The molecule has 0 fully saturated rings. The number of amides is 1. The molecule has 2 aromatic carbocycles. The van der Waals surface area contributed by atoms with Crippen LogP contribution in [0.4, 0.5) is 0 Å². The molecular weight excluding hydrogens is 324 g/mol. The number of nitrogens with zero attached hydrogens (tertiary/aromatic N) is 2. The summed E-state index contributed by atoms with van der Waals surface area (Å²) < 4.78 is 0. The van der Waals surface area contributed by atoms with Gasteiger partial charge in [-0.2, -0.15) is 0 Å². The molecule has 0 N–H and O–H groups in total. The number of halogens is 1. The van der Waals surface area contributed by atoms with Crippen LogP contribution in [0, 0.1) is 0 Å². The van der Waals surface area contributed by atoms with Crippen LogP contribution >= 0.6 is 11.6 Å². The van der Waals surface area contributed by atoms with E-state index in [1.54, 1.807) is 11.9 Å². The van der Waals surface area contributed by atoms with Gasteiger partial charge in [0.05, 0.1) is 6.04 Å². The van der Waals surface area contributed by atoms with Gasteiger partial charge in [-0.3, -0.25) is 4.79 Å². The standard InChI is InChI=1S/C19H19ClN2O2/c1-13(14-8-10-16(20)11-9-14)22(2)19(23)17-12-18(24-21-17)15-6-4-3-5-7-15/h3-11,13,18H,12H2,1-2H3. The predicted octanol–water partition coefficient (Wildman–Crippen LogP) is 4.38. The highest BCUT2D eigenvalue weighted by Gasteiger charge is 2.30. The third-order valence-electron chi connectivity index (χ3n) is 4.34. The number of benzene rings is 2. The van der Waals surface area contributed by atoms with Crippen molar-refractivity contribution in [2.75, 3.05) is 7.05 Å². The first-order valence-corrected chi connectivity index (χ1v) is 8.24. The highest BCUT2D eigenvalue weighted by Crippen LogP contribution is 2.29. The number of oxime groups is 1. The van der Waals surface area contributed by atoms with Crippen LogP contribution in [-0.4, -0.2) is 23.6 Å². The minimum Gasteiger partial charge on any atom is -0.387 e. The largest absolute Gasteiger partial charge is 0.387 e. The molecule has 0 aromatic heterocycles. The molecule has 1 heterocycles. The number of rotatable bonds is 4. The zero-order valence-electron chi connectivity index (χ0n) is 13.6.